The molecule has 0 saturated heterocycles. The minimum atomic E-state index is -0.724. The van der Waals surface area contributed by atoms with Gasteiger partial charge in [0, 0.05) is 6.42 Å². The van der Waals surface area contributed by atoms with Crippen molar-refractivity contribution in [2.75, 3.05) is 6.61 Å². The average Bonchev–Trinajstić information content (AvgIpc) is 2.22. The Kier molecular flexibility index (Phi) is 8.58. The fraction of sp³-hybridized carbons (Fsp3) is 0.833. The summed E-state index contributed by atoms with van der Waals surface area (Å²) in [6.45, 7) is 4.17. The van der Waals surface area contributed by atoms with Crippen LogP contribution >= 0.6 is 0 Å². The number of hydrogen-bond acceptors (Lipinski definition) is 3. The summed E-state index contributed by atoms with van der Waals surface area (Å²) < 4.78 is 4.79. The molecule has 0 bridgehead atoms. The van der Waals surface area contributed by atoms with Gasteiger partial charge in [-0.15, -0.1) is 0 Å². The number of unbranched alkanes of at least 4 members (excludes halogenated alkanes) is 1. The molecule has 1 N–H and O–H groups in total. The number of rotatable bonds is 9. The van der Waals surface area contributed by atoms with E-state index in [2.05, 4.69) is 0 Å². The molecular weight excluding hydrogens is 208 g/mol. The van der Waals surface area contributed by atoms with Crippen LogP contribution in [-0.4, -0.2) is 23.7 Å². The average molecular weight is 230 g/mol. The molecule has 0 aliphatic carbocycles. The summed E-state index contributed by atoms with van der Waals surface area (Å²) in [6.07, 6.45) is 4.14. The van der Waals surface area contributed by atoms with Gasteiger partial charge in [0.25, 0.3) is 0 Å². The Bertz CT molecular complexity index is 213. The van der Waals surface area contributed by atoms with Gasteiger partial charge in [0.2, 0.25) is 0 Å². The standard InChI is InChI=1S/C12H22O4/c1-3-7-10(12(14)15)8-5-6-9-11(13)16-4-2/h10H,3-9H2,1-2H3,(H,14,15). The predicted octanol–water partition coefficient (Wildman–Crippen LogP) is 2.61. The maximum Gasteiger partial charge on any atom is 0.306 e. The van der Waals surface area contributed by atoms with Gasteiger partial charge in [-0.1, -0.05) is 19.8 Å². The Morgan fingerprint density at radius 2 is 1.88 bits per heavy atom. The third kappa shape index (κ3) is 7.26. The van der Waals surface area contributed by atoms with Crippen molar-refractivity contribution in [3.8, 4) is 0 Å². The van der Waals surface area contributed by atoms with Gasteiger partial charge in [-0.05, 0) is 26.2 Å². The summed E-state index contributed by atoms with van der Waals surface area (Å²) in [5.41, 5.74) is 0. The number of carbonyl (C=O) groups is 2. The van der Waals surface area contributed by atoms with Crippen LogP contribution in [0.25, 0.3) is 0 Å². The summed E-state index contributed by atoms with van der Waals surface area (Å²) in [7, 11) is 0. The third-order valence-corrected chi connectivity index (χ3v) is 2.48. The molecule has 16 heavy (non-hydrogen) atoms. The molecule has 94 valence electrons. The van der Waals surface area contributed by atoms with E-state index in [1.54, 1.807) is 6.92 Å². The van der Waals surface area contributed by atoms with Gasteiger partial charge in [0.05, 0.1) is 12.5 Å². The first kappa shape index (κ1) is 14.9. The van der Waals surface area contributed by atoms with E-state index in [1.165, 1.54) is 0 Å². The van der Waals surface area contributed by atoms with Crippen LogP contribution in [0.3, 0.4) is 0 Å². The Labute approximate surface area is 97.0 Å². The van der Waals surface area contributed by atoms with E-state index in [1.807, 2.05) is 6.92 Å². The second kappa shape index (κ2) is 9.19. The fourth-order valence-electron chi connectivity index (χ4n) is 1.63. The number of carboxylic acid groups (broad SMARTS) is 1. The van der Waals surface area contributed by atoms with Crippen LogP contribution in [0.4, 0.5) is 0 Å². The van der Waals surface area contributed by atoms with E-state index in [4.69, 9.17) is 9.84 Å². The van der Waals surface area contributed by atoms with Crippen LogP contribution in [0.2, 0.25) is 0 Å². The molecule has 1 unspecified atom stereocenters. The van der Waals surface area contributed by atoms with Crippen LogP contribution in [0.5, 0.6) is 0 Å². The first-order chi connectivity index (χ1) is 7.61. The highest BCUT2D eigenvalue weighted by atomic mass is 16.5. The van der Waals surface area contributed by atoms with E-state index in [0.29, 0.717) is 25.9 Å². The molecule has 0 rings (SSSR count). The Hall–Kier alpha value is -1.06. The van der Waals surface area contributed by atoms with Crippen molar-refractivity contribution in [3.63, 3.8) is 0 Å². The first-order valence-corrected chi connectivity index (χ1v) is 6.00. The lowest BCUT2D eigenvalue weighted by atomic mass is 9.97. The second-order valence-corrected chi connectivity index (χ2v) is 3.87. The van der Waals surface area contributed by atoms with E-state index in [9.17, 15) is 9.59 Å². The van der Waals surface area contributed by atoms with Gasteiger partial charge < -0.3 is 9.84 Å². The molecule has 1 atom stereocenters. The van der Waals surface area contributed by atoms with Crippen LogP contribution in [0.1, 0.15) is 52.4 Å². The summed E-state index contributed by atoms with van der Waals surface area (Å²) in [6, 6.07) is 0. The lowest BCUT2D eigenvalue weighted by molar-refractivity contribution is -0.143. The summed E-state index contributed by atoms with van der Waals surface area (Å²) in [4.78, 5) is 21.8. The Morgan fingerprint density at radius 1 is 1.19 bits per heavy atom. The summed E-state index contributed by atoms with van der Waals surface area (Å²) in [5, 5.41) is 8.91. The monoisotopic (exact) mass is 230 g/mol. The SMILES string of the molecule is CCCC(CCCCC(=O)OCC)C(=O)O. The molecule has 0 aromatic heterocycles. The largest absolute Gasteiger partial charge is 0.481 e. The number of carboxylic acids is 1. The molecular formula is C12H22O4. The zero-order valence-corrected chi connectivity index (χ0v) is 10.2. The predicted molar refractivity (Wildman–Crippen MR) is 61.1 cm³/mol. The number of ether oxygens (including phenoxy) is 1. The van der Waals surface area contributed by atoms with Crippen molar-refractivity contribution in [3.05, 3.63) is 0 Å². The van der Waals surface area contributed by atoms with Crippen LogP contribution in [-0.2, 0) is 14.3 Å². The molecule has 4 heteroatoms. The Morgan fingerprint density at radius 3 is 2.38 bits per heavy atom. The minimum Gasteiger partial charge on any atom is -0.481 e. The summed E-state index contributed by atoms with van der Waals surface area (Å²) >= 11 is 0. The Balaban J connectivity index is 3.62. The number of carbonyl (C=O) groups excluding carboxylic acids is 1. The molecule has 0 aliphatic rings. The molecule has 0 radical (unpaired) electrons. The highest BCUT2D eigenvalue weighted by Gasteiger charge is 2.15. The van der Waals surface area contributed by atoms with Crippen LogP contribution in [0, 0.1) is 5.92 Å². The lowest BCUT2D eigenvalue weighted by Gasteiger charge is -2.10. The van der Waals surface area contributed by atoms with E-state index in [-0.39, 0.29) is 11.9 Å². The summed E-state index contributed by atoms with van der Waals surface area (Å²) in [5.74, 6) is -1.17. The van der Waals surface area contributed by atoms with Crippen molar-refractivity contribution in [2.45, 2.75) is 52.4 Å². The number of aliphatic carboxylic acids is 1. The van der Waals surface area contributed by atoms with Gasteiger partial charge >= 0.3 is 11.9 Å². The molecule has 0 spiro atoms. The smallest absolute Gasteiger partial charge is 0.306 e. The van der Waals surface area contributed by atoms with Crippen molar-refractivity contribution >= 4 is 11.9 Å². The van der Waals surface area contributed by atoms with Gasteiger partial charge in [0.15, 0.2) is 0 Å². The molecule has 4 nitrogen and oxygen atoms in total. The van der Waals surface area contributed by atoms with E-state index in [0.717, 1.165) is 19.3 Å². The first-order valence-electron chi connectivity index (χ1n) is 6.00. The minimum absolute atomic E-state index is 0.190. The van der Waals surface area contributed by atoms with Gasteiger partial charge in [0.1, 0.15) is 0 Å². The van der Waals surface area contributed by atoms with Gasteiger partial charge in [-0.25, -0.2) is 0 Å². The molecule has 0 aliphatic heterocycles. The van der Waals surface area contributed by atoms with E-state index < -0.39 is 5.97 Å². The molecule has 0 saturated carbocycles. The molecule has 0 fully saturated rings. The van der Waals surface area contributed by atoms with Crippen molar-refractivity contribution < 1.29 is 19.4 Å². The fourth-order valence-corrected chi connectivity index (χ4v) is 1.63. The second-order valence-electron chi connectivity index (χ2n) is 3.87. The van der Waals surface area contributed by atoms with Gasteiger partial charge in [-0.3, -0.25) is 9.59 Å². The zero-order chi connectivity index (χ0) is 12.4. The van der Waals surface area contributed by atoms with Crippen molar-refractivity contribution in [1.82, 2.24) is 0 Å². The molecule has 0 amide bonds. The quantitative estimate of drug-likeness (QED) is 0.488. The topological polar surface area (TPSA) is 63.6 Å². The van der Waals surface area contributed by atoms with Crippen LogP contribution in [0.15, 0.2) is 0 Å². The third-order valence-electron chi connectivity index (χ3n) is 2.48. The zero-order valence-electron chi connectivity index (χ0n) is 10.2. The van der Waals surface area contributed by atoms with Crippen molar-refractivity contribution in [2.24, 2.45) is 5.92 Å². The normalized spacial score (nSPS) is 12.1. The molecule has 0 heterocycles. The van der Waals surface area contributed by atoms with Crippen molar-refractivity contribution in [1.29, 1.82) is 0 Å². The number of esters is 1. The van der Waals surface area contributed by atoms with Gasteiger partial charge in [-0.2, -0.15) is 0 Å². The highest BCUT2D eigenvalue weighted by molar-refractivity contribution is 5.70. The maximum absolute atomic E-state index is 11.0. The highest BCUT2D eigenvalue weighted by Crippen LogP contribution is 2.15. The molecule has 0 aromatic rings. The van der Waals surface area contributed by atoms with Crippen LogP contribution < -0.4 is 0 Å². The number of hydrogen-bond donors (Lipinski definition) is 1. The lowest BCUT2D eigenvalue weighted by Crippen LogP contribution is -2.13. The molecule has 0 aromatic carbocycles. The van der Waals surface area contributed by atoms with E-state index >= 15 is 0 Å². The maximum atomic E-state index is 11.0.